The minimum atomic E-state index is -0.223. The minimum Gasteiger partial charge on any atom is -0.493 e. The van der Waals surface area contributed by atoms with Crippen LogP contribution < -0.4 is 14.4 Å². The summed E-state index contributed by atoms with van der Waals surface area (Å²) < 4.78 is 11.7. The Hall–Kier alpha value is -3.97. The number of aryl methyl sites for hydroxylation is 1. The average Bonchev–Trinajstić information content (AvgIpc) is 3.39. The van der Waals surface area contributed by atoms with Gasteiger partial charge in [0.2, 0.25) is 0 Å². The van der Waals surface area contributed by atoms with E-state index in [0.717, 1.165) is 26.9 Å². The van der Waals surface area contributed by atoms with Crippen LogP contribution >= 0.6 is 11.3 Å². The molecule has 0 atom stereocenters. The first-order valence-corrected chi connectivity index (χ1v) is 11.2. The van der Waals surface area contributed by atoms with E-state index in [0.29, 0.717) is 28.2 Å². The number of methoxy groups -OCH3 is 2. The van der Waals surface area contributed by atoms with E-state index in [9.17, 15) is 4.79 Å². The van der Waals surface area contributed by atoms with Crippen molar-refractivity contribution in [3.63, 3.8) is 0 Å². The minimum absolute atomic E-state index is 0.223. The van der Waals surface area contributed by atoms with Gasteiger partial charge >= 0.3 is 0 Å². The van der Waals surface area contributed by atoms with Crippen LogP contribution in [0.2, 0.25) is 0 Å². The van der Waals surface area contributed by atoms with Gasteiger partial charge < -0.3 is 9.47 Å². The fraction of sp³-hybridized carbons (Fsp3) is 0.115. The molecule has 5 rings (SSSR count). The summed E-state index contributed by atoms with van der Waals surface area (Å²) in [5, 5.41) is 0.596. The third-order valence-electron chi connectivity index (χ3n) is 5.33. The zero-order valence-electron chi connectivity index (χ0n) is 18.4. The van der Waals surface area contributed by atoms with Crippen LogP contribution in [0.3, 0.4) is 0 Å². The first kappa shape index (κ1) is 20.9. The average molecular weight is 456 g/mol. The van der Waals surface area contributed by atoms with Crippen LogP contribution in [0.25, 0.3) is 16.3 Å². The van der Waals surface area contributed by atoms with E-state index in [1.807, 2.05) is 61.5 Å². The summed E-state index contributed by atoms with van der Waals surface area (Å²) in [6.07, 6.45) is 1.75. The number of carbonyl (C=O) groups excluding carboxylic acids is 1. The van der Waals surface area contributed by atoms with Gasteiger partial charge in [-0.1, -0.05) is 53.8 Å². The number of aliphatic imine (C=N–C) groups is 1. The Morgan fingerprint density at radius 2 is 1.73 bits per heavy atom. The monoisotopic (exact) mass is 455 g/mol. The molecule has 33 heavy (non-hydrogen) atoms. The van der Waals surface area contributed by atoms with Crippen LogP contribution in [0.1, 0.15) is 16.7 Å². The number of hydrogen-bond donors (Lipinski definition) is 0. The standard InChI is InChI=1S/C26H21N3O3S/c1-16-9-11-19-23(13-16)33-26(28-19)29-24(18-7-5-4-6-8-18)27-20(25(29)30)14-17-10-12-21(31-2)22(15-17)32-3/h4-15H,1-3H3. The fourth-order valence-electron chi connectivity index (χ4n) is 3.69. The Morgan fingerprint density at radius 3 is 2.48 bits per heavy atom. The summed E-state index contributed by atoms with van der Waals surface area (Å²) in [5.74, 6) is 1.54. The summed E-state index contributed by atoms with van der Waals surface area (Å²) in [7, 11) is 3.17. The van der Waals surface area contributed by atoms with E-state index < -0.39 is 0 Å². The zero-order chi connectivity index (χ0) is 22.9. The van der Waals surface area contributed by atoms with Gasteiger partial charge in [-0.25, -0.2) is 14.9 Å². The lowest BCUT2D eigenvalue weighted by Crippen LogP contribution is -2.32. The number of amides is 1. The van der Waals surface area contributed by atoms with Crippen molar-refractivity contribution < 1.29 is 14.3 Å². The normalized spacial score (nSPS) is 14.8. The lowest BCUT2D eigenvalue weighted by Gasteiger charge is -2.14. The van der Waals surface area contributed by atoms with E-state index >= 15 is 0 Å². The van der Waals surface area contributed by atoms with Crippen LogP contribution in [0.5, 0.6) is 11.5 Å². The summed E-state index contributed by atoms with van der Waals surface area (Å²) in [5.41, 5.74) is 3.97. The molecule has 0 spiro atoms. The maximum absolute atomic E-state index is 13.6. The third kappa shape index (κ3) is 3.87. The van der Waals surface area contributed by atoms with E-state index in [2.05, 4.69) is 6.07 Å². The van der Waals surface area contributed by atoms with Gasteiger partial charge in [0.05, 0.1) is 24.4 Å². The summed E-state index contributed by atoms with van der Waals surface area (Å²) >= 11 is 1.48. The maximum Gasteiger partial charge on any atom is 0.284 e. The van der Waals surface area contributed by atoms with Crippen LogP contribution in [-0.2, 0) is 4.79 Å². The molecule has 0 radical (unpaired) electrons. The molecule has 7 heteroatoms. The first-order valence-electron chi connectivity index (χ1n) is 10.4. The van der Waals surface area contributed by atoms with E-state index in [1.165, 1.54) is 11.3 Å². The summed E-state index contributed by atoms with van der Waals surface area (Å²) in [4.78, 5) is 24.6. The van der Waals surface area contributed by atoms with Crippen molar-refractivity contribution in [3.05, 3.63) is 89.1 Å². The van der Waals surface area contributed by atoms with Gasteiger partial charge in [-0.3, -0.25) is 4.79 Å². The second-order valence-corrected chi connectivity index (χ2v) is 8.56. The molecule has 164 valence electrons. The predicted octanol–water partition coefficient (Wildman–Crippen LogP) is 5.46. The molecule has 0 bridgehead atoms. The molecule has 0 N–H and O–H groups in total. The topological polar surface area (TPSA) is 64.0 Å². The number of rotatable bonds is 5. The second-order valence-electron chi connectivity index (χ2n) is 7.55. The highest BCUT2D eigenvalue weighted by molar-refractivity contribution is 7.22. The van der Waals surface area contributed by atoms with E-state index in [4.69, 9.17) is 19.5 Å². The van der Waals surface area contributed by atoms with Crippen molar-refractivity contribution in [1.29, 1.82) is 0 Å². The number of nitrogens with zero attached hydrogens (tertiary/aromatic N) is 3. The number of hydrogen-bond acceptors (Lipinski definition) is 6. The SMILES string of the molecule is COc1ccc(C=C2N=C(c3ccccc3)N(c3nc4ccc(C)cc4s3)C2=O)cc1OC. The Labute approximate surface area is 195 Å². The van der Waals surface area contributed by atoms with Gasteiger partial charge in [-0.2, -0.15) is 0 Å². The Morgan fingerprint density at radius 1 is 0.939 bits per heavy atom. The molecule has 1 amide bonds. The molecule has 1 aliphatic rings. The molecule has 0 unspecified atom stereocenters. The van der Waals surface area contributed by atoms with Gasteiger partial charge in [0.25, 0.3) is 5.91 Å². The number of carbonyl (C=O) groups is 1. The van der Waals surface area contributed by atoms with Crippen molar-refractivity contribution in [1.82, 2.24) is 4.98 Å². The Bertz CT molecular complexity index is 1420. The lowest BCUT2D eigenvalue weighted by atomic mass is 10.1. The van der Waals surface area contributed by atoms with E-state index in [1.54, 1.807) is 31.3 Å². The summed E-state index contributed by atoms with van der Waals surface area (Å²) in [6, 6.07) is 21.2. The predicted molar refractivity (Wildman–Crippen MR) is 132 cm³/mol. The van der Waals surface area contributed by atoms with Crippen molar-refractivity contribution in [3.8, 4) is 11.5 Å². The molecule has 6 nitrogen and oxygen atoms in total. The van der Waals surface area contributed by atoms with Crippen molar-refractivity contribution in [2.45, 2.75) is 6.92 Å². The molecule has 1 aromatic heterocycles. The van der Waals surface area contributed by atoms with Gasteiger partial charge in [-0.15, -0.1) is 0 Å². The van der Waals surface area contributed by atoms with Gasteiger partial charge in [-0.05, 0) is 48.4 Å². The number of anilines is 1. The quantitative estimate of drug-likeness (QED) is 0.375. The smallest absolute Gasteiger partial charge is 0.284 e. The van der Waals surface area contributed by atoms with Gasteiger partial charge in [0.1, 0.15) is 11.5 Å². The molecule has 2 heterocycles. The molecule has 1 aliphatic heterocycles. The van der Waals surface area contributed by atoms with Crippen LogP contribution in [-0.4, -0.2) is 30.9 Å². The molecule has 4 aromatic rings. The largest absolute Gasteiger partial charge is 0.493 e. The molecule has 0 saturated heterocycles. The number of aromatic nitrogens is 1. The molecule has 0 saturated carbocycles. The van der Waals surface area contributed by atoms with Crippen LogP contribution in [0.4, 0.5) is 5.13 Å². The second kappa shape index (κ2) is 8.52. The molecule has 3 aromatic carbocycles. The number of benzene rings is 3. The summed E-state index contributed by atoms with van der Waals surface area (Å²) in [6.45, 7) is 2.04. The molecule has 0 fully saturated rings. The van der Waals surface area contributed by atoms with Gasteiger partial charge in [0.15, 0.2) is 16.6 Å². The highest BCUT2D eigenvalue weighted by atomic mass is 32.1. The maximum atomic E-state index is 13.6. The Kier molecular flexibility index (Phi) is 5.40. The van der Waals surface area contributed by atoms with E-state index in [-0.39, 0.29) is 5.91 Å². The number of ether oxygens (including phenoxy) is 2. The Balaban J connectivity index is 1.61. The zero-order valence-corrected chi connectivity index (χ0v) is 19.2. The van der Waals surface area contributed by atoms with Crippen LogP contribution in [0.15, 0.2) is 77.4 Å². The third-order valence-corrected chi connectivity index (χ3v) is 6.33. The fourth-order valence-corrected chi connectivity index (χ4v) is 4.76. The van der Waals surface area contributed by atoms with Crippen molar-refractivity contribution in [2.75, 3.05) is 19.1 Å². The molecule has 0 aliphatic carbocycles. The number of thiazole rings is 1. The highest BCUT2D eigenvalue weighted by Crippen LogP contribution is 2.35. The molecular formula is C26H21N3O3S. The van der Waals surface area contributed by atoms with Gasteiger partial charge in [0, 0.05) is 5.56 Å². The van der Waals surface area contributed by atoms with Crippen molar-refractivity contribution in [2.24, 2.45) is 4.99 Å². The highest BCUT2D eigenvalue weighted by Gasteiger charge is 2.34. The van der Waals surface area contributed by atoms with Crippen molar-refractivity contribution >= 4 is 44.5 Å². The molecular weight excluding hydrogens is 434 g/mol. The number of amidine groups is 1. The lowest BCUT2D eigenvalue weighted by molar-refractivity contribution is -0.113. The first-order chi connectivity index (χ1) is 16.1. The number of fused-ring (bicyclic) bond motifs is 1. The van der Waals surface area contributed by atoms with Crippen LogP contribution in [0, 0.1) is 6.92 Å².